The highest BCUT2D eigenvalue weighted by atomic mass is 19.4. The monoisotopic (exact) mass is 296 g/mol. The standard InChI is InChI=1S/C14H12BF3O3/c16-14(17,18)12-7-6-11(15(19)20)8-13(12)21-9-10-4-2-1-3-5-10/h1-8,19-20H,9H2. The van der Waals surface area contributed by atoms with E-state index in [0.29, 0.717) is 5.56 Å². The fraction of sp³-hybridized carbons (Fsp3) is 0.143. The summed E-state index contributed by atoms with van der Waals surface area (Å²) in [4.78, 5) is 0. The second-order valence-electron chi connectivity index (χ2n) is 4.40. The number of benzene rings is 2. The van der Waals surface area contributed by atoms with E-state index in [4.69, 9.17) is 14.8 Å². The molecule has 2 N–H and O–H groups in total. The van der Waals surface area contributed by atoms with Crippen LogP contribution >= 0.6 is 0 Å². The molecule has 0 heterocycles. The minimum atomic E-state index is -4.58. The van der Waals surface area contributed by atoms with E-state index in [1.54, 1.807) is 30.3 Å². The van der Waals surface area contributed by atoms with Gasteiger partial charge in [-0.25, -0.2) is 0 Å². The van der Waals surface area contributed by atoms with Gasteiger partial charge in [0.15, 0.2) is 0 Å². The predicted octanol–water partition coefficient (Wildman–Crippen LogP) is 1.96. The maximum Gasteiger partial charge on any atom is 0.488 e. The van der Waals surface area contributed by atoms with Crippen molar-refractivity contribution in [3.05, 3.63) is 59.7 Å². The zero-order valence-electron chi connectivity index (χ0n) is 10.8. The third-order valence-corrected chi connectivity index (χ3v) is 2.85. The zero-order chi connectivity index (χ0) is 15.5. The van der Waals surface area contributed by atoms with Gasteiger partial charge in [-0.05, 0) is 23.2 Å². The maximum absolute atomic E-state index is 12.9. The first-order valence-electron chi connectivity index (χ1n) is 6.12. The molecule has 0 radical (unpaired) electrons. The Bertz CT molecular complexity index is 600. The zero-order valence-corrected chi connectivity index (χ0v) is 10.8. The number of alkyl halides is 3. The van der Waals surface area contributed by atoms with Gasteiger partial charge in [0.25, 0.3) is 0 Å². The Hall–Kier alpha value is -1.99. The van der Waals surface area contributed by atoms with Crippen LogP contribution in [0.15, 0.2) is 48.5 Å². The van der Waals surface area contributed by atoms with Crippen molar-refractivity contribution in [2.45, 2.75) is 12.8 Å². The van der Waals surface area contributed by atoms with Gasteiger partial charge in [0, 0.05) is 0 Å². The largest absolute Gasteiger partial charge is 0.488 e. The van der Waals surface area contributed by atoms with Crippen molar-refractivity contribution in [1.82, 2.24) is 0 Å². The van der Waals surface area contributed by atoms with Crippen LogP contribution in [0, 0.1) is 0 Å². The molecule has 0 amide bonds. The highest BCUT2D eigenvalue weighted by molar-refractivity contribution is 6.58. The highest BCUT2D eigenvalue weighted by Crippen LogP contribution is 2.35. The molecule has 0 aliphatic heterocycles. The Morgan fingerprint density at radius 3 is 2.24 bits per heavy atom. The van der Waals surface area contributed by atoms with E-state index in [1.807, 2.05) is 0 Å². The summed E-state index contributed by atoms with van der Waals surface area (Å²) in [6.45, 7) is -0.0467. The van der Waals surface area contributed by atoms with Crippen molar-refractivity contribution in [3.8, 4) is 5.75 Å². The van der Waals surface area contributed by atoms with Gasteiger partial charge >= 0.3 is 13.3 Å². The number of ether oxygens (including phenoxy) is 1. The lowest BCUT2D eigenvalue weighted by atomic mass is 9.80. The molecule has 0 saturated heterocycles. The summed E-state index contributed by atoms with van der Waals surface area (Å²) >= 11 is 0. The molecule has 2 aromatic carbocycles. The minimum absolute atomic E-state index is 0.0467. The van der Waals surface area contributed by atoms with Crippen LogP contribution in [0.1, 0.15) is 11.1 Å². The predicted molar refractivity (Wildman–Crippen MR) is 72.0 cm³/mol. The van der Waals surface area contributed by atoms with Gasteiger partial charge in [0.05, 0.1) is 5.56 Å². The van der Waals surface area contributed by atoms with E-state index in [2.05, 4.69) is 0 Å². The fourth-order valence-electron chi connectivity index (χ4n) is 1.79. The Balaban J connectivity index is 2.28. The summed E-state index contributed by atoms with van der Waals surface area (Å²) in [6.07, 6.45) is -4.58. The van der Waals surface area contributed by atoms with Gasteiger partial charge in [-0.15, -0.1) is 0 Å². The van der Waals surface area contributed by atoms with Crippen molar-refractivity contribution >= 4 is 12.6 Å². The van der Waals surface area contributed by atoms with Gasteiger partial charge in [-0.1, -0.05) is 36.4 Å². The van der Waals surface area contributed by atoms with E-state index >= 15 is 0 Å². The summed E-state index contributed by atoms with van der Waals surface area (Å²) < 4.78 is 43.9. The van der Waals surface area contributed by atoms with Gasteiger partial charge in [0.2, 0.25) is 0 Å². The first-order chi connectivity index (χ1) is 9.88. The first-order valence-corrected chi connectivity index (χ1v) is 6.12. The Morgan fingerprint density at radius 2 is 1.67 bits per heavy atom. The van der Waals surface area contributed by atoms with E-state index in [0.717, 1.165) is 18.2 Å². The summed E-state index contributed by atoms with van der Waals surface area (Å²) in [5.74, 6) is -0.433. The average molecular weight is 296 g/mol. The molecule has 0 spiro atoms. The molecule has 21 heavy (non-hydrogen) atoms. The molecule has 110 valence electrons. The van der Waals surface area contributed by atoms with Gasteiger partial charge < -0.3 is 14.8 Å². The molecule has 3 nitrogen and oxygen atoms in total. The lowest BCUT2D eigenvalue weighted by Crippen LogP contribution is -2.30. The van der Waals surface area contributed by atoms with Gasteiger partial charge in [0.1, 0.15) is 12.4 Å². The van der Waals surface area contributed by atoms with E-state index < -0.39 is 24.6 Å². The lowest BCUT2D eigenvalue weighted by Gasteiger charge is -2.15. The maximum atomic E-state index is 12.9. The van der Waals surface area contributed by atoms with Crippen LogP contribution < -0.4 is 10.2 Å². The molecule has 0 aromatic heterocycles. The topological polar surface area (TPSA) is 49.7 Å². The van der Waals surface area contributed by atoms with Crippen LogP contribution in [-0.2, 0) is 12.8 Å². The van der Waals surface area contributed by atoms with Crippen LogP contribution in [0.2, 0.25) is 0 Å². The molecule has 2 rings (SSSR count). The van der Waals surface area contributed by atoms with Gasteiger partial charge in [-0.2, -0.15) is 13.2 Å². The quantitative estimate of drug-likeness (QED) is 0.848. The Morgan fingerprint density at radius 1 is 1.00 bits per heavy atom. The van der Waals surface area contributed by atoms with Crippen LogP contribution in [0.25, 0.3) is 0 Å². The fourth-order valence-corrected chi connectivity index (χ4v) is 1.79. The second kappa shape index (κ2) is 6.20. The molecule has 0 unspecified atom stereocenters. The lowest BCUT2D eigenvalue weighted by molar-refractivity contribution is -0.139. The molecular weight excluding hydrogens is 284 g/mol. The van der Waals surface area contributed by atoms with Gasteiger partial charge in [-0.3, -0.25) is 0 Å². The van der Waals surface area contributed by atoms with E-state index in [-0.39, 0.29) is 12.1 Å². The Kier molecular flexibility index (Phi) is 4.54. The molecule has 2 aromatic rings. The van der Waals surface area contributed by atoms with Crippen molar-refractivity contribution in [2.75, 3.05) is 0 Å². The smallest absolute Gasteiger partial charge is 0.488 e. The van der Waals surface area contributed by atoms with Crippen LogP contribution in [-0.4, -0.2) is 17.2 Å². The third kappa shape index (κ3) is 3.99. The number of hydrogen-bond donors (Lipinski definition) is 2. The third-order valence-electron chi connectivity index (χ3n) is 2.85. The number of hydrogen-bond acceptors (Lipinski definition) is 3. The first kappa shape index (κ1) is 15.4. The molecule has 0 aliphatic carbocycles. The van der Waals surface area contributed by atoms with Crippen LogP contribution in [0.4, 0.5) is 13.2 Å². The normalized spacial score (nSPS) is 11.3. The molecule has 0 aliphatic rings. The number of rotatable bonds is 4. The molecule has 0 saturated carbocycles. The van der Waals surface area contributed by atoms with Crippen molar-refractivity contribution in [2.24, 2.45) is 0 Å². The van der Waals surface area contributed by atoms with Crippen LogP contribution in [0.3, 0.4) is 0 Å². The Labute approximate surface area is 119 Å². The summed E-state index contributed by atoms with van der Waals surface area (Å²) in [7, 11) is -1.86. The van der Waals surface area contributed by atoms with Crippen LogP contribution in [0.5, 0.6) is 5.75 Å². The van der Waals surface area contributed by atoms with E-state index in [1.165, 1.54) is 0 Å². The minimum Gasteiger partial charge on any atom is -0.488 e. The average Bonchev–Trinajstić information content (AvgIpc) is 2.45. The van der Waals surface area contributed by atoms with E-state index in [9.17, 15) is 13.2 Å². The van der Waals surface area contributed by atoms with Crippen molar-refractivity contribution < 1.29 is 28.0 Å². The summed E-state index contributed by atoms with van der Waals surface area (Å²) in [5, 5.41) is 18.1. The highest BCUT2D eigenvalue weighted by Gasteiger charge is 2.35. The molecule has 0 bridgehead atoms. The SMILES string of the molecule is OB(O)c1ccc(C(F)(F)F)c(OCc2ccccc2)c1. The second-order valence-corrected chi connectivity index (χ2v) is 4.40. The molecule has 0 atom stereocenters. The van der Waals surface area contributed by atoms with Crippen molar-refractivity contribution in [3.63, 3.8) is 0 Å². The summed E-state index contributed by atoms with van der Waals surface area (Å²) in [6, 6.07) is 11.5. The molecule has 7 heteroatoms. The molecular formula is C14H12BF3O3. The molecule has 0 fully saturated rings. The number of halogens is 3. The van der Waals surface area contributed by atoms with Crippen molar-refractivity contribution in [1.29, 1.82) is 0 Å². The summed E-state index contributed by atoms with van der Waals surface area (Å²) in [5.41, 5.74) is -0.311.